The van der Waals surface area contributed by atoms with Gasteiger partial charge in [-0.15, -0.1) is 5.06 Å². The van der Waals surface area contributed by atoms with Crippen LogP contribution in [0.3, 0.4) is 0 Å². The zero-order valence-corrected chi connectivity index (χ0v) is 18.9. The average molecular weight is 463 g/mol. The molecule has 1 atom stereocenters. The molecule has 1 aromatic carbocycles. The maximum atomic E-state index is 12.1. The molecule has 1 heterocycles. The standard InChI is InChI=1S/C22H29N3O8/c1-22(2,3)32-21(30)24-16(9-12-19(28)31-14-15-7-5-4-6-8-15)13-23-20(29)33-25-17(26)10-11-18(25)27/h4-8,16H,9-14H2,1-3H3,(H,23,29)(H,24,30)/t16-/m0/s1. The van der Waals surface area contributed by atoms with Crippen molar-refractivity contribution in [3.8, 4) is 0 Å². The Hall–Kier alpha value is -3.63. The minimum Gasteiger partial charge on any atom is -0.461 e. The number of nitrogens with zero attached hydrogens (tertiary/aromatic N) is 1. The molecule has 2 N–H and O–H groups in total. The number of hydroxylamine groups is 2. The molecule has 0 aliphatic carbocycles. The molecule has 11 heteroatoms. The number of benzene rings is 1. The lowest BCUT2D eigenvalue weighted by molar-refractivity contribution is -0.171. The van der Waals surface area contributed by atoms with E-state index in [-0.39, 0.29) is 38.8 Å². The van der Waals surface area contributed by atoms with E-state index in [4.69, 9.17) is 14.3 Å². The largest absolute Gasteiger partial charge is 0.461 e. The molecule has 2 rings (SSSR count). The SMILES string of the molecule is CC(C)(C)OC(=O)N[C@@H](CCC(=O)OCc1ccccc1)CNC(=O)ON1C(=O)CCC1=O. The monoisotopic (exact) mass is 463 g/mol. The van der Waals surface area contributed by atoms with Gasteiger partial charge in [0.05, 0.1) is 6.04 Å². The summed E-state index contributed by atoms with van der Waals surface area (Å²) in [5.74, 6) is -1.70. The highest BCUT2D eigenvalue weighted by Crippen LogP contribution is 2.12. The Morgan fingerprint density at radius 2 is 1.67 bits per heavy atom. The predicted molar refractivity (Wildman–Crippen MR) is 114 cm³/mol. The van der Waals surface area contributed by atoms with Gasteiger partial charge >= 0.3 is 18.2 Å². The first-order valence-electron chi connectivity index (χ1n) is 10.5. The fourth-order valence-corrected chi connectivity index (χ4v) is 2.78. The Balaban J connectivity index is 1.86. The highest BCUT2D eigenvalue weighted by atomic mass is 16.7. The lowest BCUT2D eigenvalue weighted by atomic mass is 10.1. The molecule has 0 spiro atoms. The Labute approximate surface area is 191 Å². The minimum atomic E-state index is -1.04. The normalized spacial score (nSPS) is 14.5. The van der Waals surface area contributed by atoms with E-state index < -0.39 is 41.6 Å². The zero-order valence-electron chi connectivity index (χ0n) is 18.9. The molecule has 0 radical (unpaired) electrons. The van der Waals surface area contributed by atoms with E-state index in [1.807, 2.05) is 30.3 Å². The maximum Gasteiger partial charge on any atom is 0.432 e. The van der Waals surface area contributed by atoms with E-state index in [0.29, 0.717) is 5.06 Å². The smallest absolute Gasteiger partial charge is 0.432 e. The summed E-state index contributed by atoms with van der Waals surface area (Å²) in [6.45, 7) is 5.07. The molecule has 1 aromatic rings. The third-order valence-electron chi connectivity index (χ3n) is 4.33. The van der Waals surface area contributed by atoms with E-state index in [1.165, 1.54) is 0 Å². The van der Waals surface area contributed by atoms with Crippen LogP contribution in [0.25, 0.3) is 0 Å². The first-order chi connectivity index (χ1) is 15.5. The van der Waals surface area contributed by atoms with Gasteiger partial charge in [-0.05, 0) is 32.8 Å². The van der Waals surface area contributed by atoms with E-state index in [1.54, 1.807) is 20.8 Å². The van der Waals surface area contributed by atoms with Crippen LogP contribution in [-0.2, 0) is 35.3 Å². The predicted octanol–water partition coefficient (Wildman–Crippen LogP) is 2.19. The highest BCUT2D eigenvalue weighted by molar-refractivity contribution is 6.01. The Kier molecular flexibility index (Phi) is 9.19. The summed E-state index contributed by atoms with van der Waals surface area (Å²) in [5.41, 5.74) is 0.0937. The molecule has 0 saturated carbocycles. The third kappa shape index (κ3) is 9.58. The van der Waals surface area contributed by atoms with Crippen molar-refractivity contribution in [2.24, 2.45) is 0 Å². The number of ether oxygens (including phenoxy) is 2. The second kappa shape index (κ2) is 11.8. The van der Waals surface area contributed by atoms with E-state index in [9.17, 15) is 24.0 Å². The Morgan fingerprint density at radius 3 is 2.27 bits per heavy atom. The average Bonchev–Trinajstić information content (AvgIpc) is 3.05. The van der Waals surface area contributed by atoms with Crippen LogP contribution in [-0.4, -0.2) is 53.2 Å². The first-order valence-corrected chi connectivity index (χ1v) is 10.5. The quantitative estimate of drug-likeness (QED) is 0.419. The zero-order chi connectivity index (χ0) is 24.4. The van der Waals surface area contributed by atoms with Crippen molar-refractivity contribution >= 4 is 30.0 Å². The van der Waals surface area contributed by atoms with Crippen molar-refractivity contribution in [3.63, 3.8) is 0 Å². The Bertz CT molecular complexity index is 850. The summed E-state index contributed by atoms with van der Waals surface area (Å²) in [4.78, 5) is 64.1. The number of carbonyl (C=O) groups excluding carboxylic acids is 5. The molecule has 1 saturated heterocycles. The van der Waals surface area contributed by atoms with Crippen LogP contribution < -0.4 is 10.6 Å². The summed E-state index contributed by atoms with van der Waals surface area (Å²) in [5, 5.41) is 5.36. The van der Waals surface area contributed by atoms with Crippen molar-refractivity contribution in [1.82, 2.24) is 15.7 Å². The minimum absolute atomic E-state index is 0.0277. The molecule has 11 nitrogen and oxygen atoms in total. The summed E-state index contributed by atoms with van der Waals surface area (Å²) < 4.78 is 10.4. The van der Waals surface area contributed by atoms with Gasteiger partial charge in [0.2, 0.25) is 0 Å². The Morgan fingerprint density at radius 1 is 1.03 bits per heavy atom. The van der Waals surface area contributed by atoms with Gasteiger partial charge in [-0.2, -0.15) is 0 Å². The second-order valence-corrected chi connectivity index (χ2v) is 8.37. The lowest BCUT2D eigenvalue weighted by Gasteiger charge is -2.24. The highest BCUT2D eigenvalue weighted by Gasteiger charge is 2.33. The maximum absolute atomic E-state index is 12.1. The molecule has 1 aliphatic heterocycles. The number of rotatable bonds is 9. The van der Waals surface area contributed by atoms with Gasteiger partial charge in [-0.25, -0.2) is 9.59 Å². The lowest BCUT2D eigenvalue weighted by Crippen LogP contribution is -2.47. The molecule has 1 fully saturated rings. The van der Waals surface area contributed by atoms with Crippen molar-refractivity contribution in [2.75, 3.05) is 6.54 Å². The molecule has 0 aromatic heterocycles. The van der Waals surface area contributed by atoms with Crippen LogP contribution >= 0.6 is 0 Å². The van der Waals surface area contributed by atoms with E-state index in [2.05, 4.69) is 10.6 Å². The number of alkyl carbamates (subject to hydrolysis) is 1. The number of esters is 1. The van der Waals surface area contributed by atoms with Crippen molar-refractivity contribution in [3.05, 3.63) is 35.9 Å². The van der Waals surface area contributed by atoms with Gasteiger partial charge in [0.25, 0.3) is 11.8 Å². The molecule has 0 bridgehead atoms. The molecule has 4 amide bonds. The fourth-order valence-electron chi connectivity index (χ4n) is 2.78. The van der Waals surface area contributed by atoms with E-state index >= 15 is 0 Å². The molecule has 0 unspecified atom stereocenters. The van der Waals surface area contributed by atoms with E-state index in [0.717, 1.165) is 5.56 Å². The van der Waals surface area contributed by atoms with Crippen molar-refractivity contribution in [2.45, 2.75) is 64.7 Å². The number of amides is 4. The van der Waals surface area contributed by atoms with Gasteiger partial charge in [0.1, 0.15) is 12.2 Å². The van der Waals surface area contributed by atoms with Gasteiger partial charge in [-0.1, -0.05) is 30.3 Å². The summed E-state index contributed by atoms with van der Waals surface area (Å²) in [6.07, 6.45) is -1.73. The van der Waals surface area contributed by atoms with Crippen LogP contribution in [0, 0.1) is 0 Å². The molecule has 1 aliphatic rings. The topological polar surface area (TPSA) is 140 Å². The van der Waals surface area contributed by atoms with Gasteiger partial charge < -0.3 is 24.9 Å². The summed E-state index contributed by atoms with van der Waals surface area (Å²) in [6, 6.07) is 8.46. The van der Waals surface area contributed by atoms with Crippen LogP contribution in [0.15, 0.2) is 30.3 Å². The van der Waals surface area contributed by atoms with Crippen molar-refractivity contribution < 1.29 is 38.3 Å². The molecular formula is C22H29N3O8. The molecular weight excluding hydrogens is 434 g/mol. The molecule has 33 heavy (non-hydrogen) atoms. The number of nitrogens with one attached hydrogen (secondary N) is 2. The third-order valence-corrected chi connectivity index (χ3v) is 4.33. The van der Waals surface area contributed by atoms with Gasteiger partial charge in [0.15, 0.2) is 0 Å². The second-order valence-electron chi connectivity index (χ2n) is 8.37. The number of hydrogen-bond donors (Lipinski definition) is 2. The fraction of sp³-hybridized carbons (Fsp3) is 0.500. The van der Waals surface area contributed by atoms with Gasteiger partial charge in [0, 0.05) is 25.8 Å². The number of hydrogen-bond acceptors (Lipinski definition) is 8. The van der Waals surface area contributed by atoms with Crippen LogP contribution in [0.4, 0.5) is 9.59 Å². The van der Waals surface area contributed by atoms with Gasteiger partial charge in [-0.3, -0.25) is 14.4 Å². The number of imide groups is 1. The molecule has 180 valence electrons. The summed E-state index contributed by atoms with van der Waals surface area (Å²) in [7, 11) is 0. The van der Waals surface area contributed by atoms with Crippen LogP contribution in [0.2, 0.25) is 0 Å². The van der Waals surface area contributed by atoms with Crippen LogP contribution in [0.1, 0.15) is 52.0 Å². The van der Waals surface area contributed by atoms with Crippen LogP contribution in [0.5, 0.6) is 0 Å². The first kappa shape index (κ1) is 25.6. The summed E-state index contributed by atoms with van der Waals surface area (Å²) >= 11 is 0. The van der Waals surface area contributed by atoms with Crippen molar-refractivity contribution in [1.29, 1.82) is 0 Å². The number of carbonyl (C=O) groups is 5.